The van der Waals surface area contributed by atoms with Gasteiger partial charge in [-0.3, -0.25) is 0 Å². The first-order valence-electron chi connectivity index (χ1n) is 4.57. The molecule has 1 aromatic rings. The number of nitrogens with one attached hydrogen (secondary N) is 1. The normalized spacial score (nSPS) is 13.3. The first-order valence-corrected chi connectivity index (χ1v) is 4.57. The Kier molecular flexibility index (Phi) is 4.07. The van der Waals surface area contributed by atoms with Crippen LogP contribution in [0.4, 0.5) is 0 Å². The van der Waals surface area contributed by atoms with E-state index in [4.69, 9.17) is 5.11 Å². The van der Waals surface area contributed by atoms with Crippen molar-refractivity contribution in [1.29, 1.82) is 0 Å². The molecule has 76 valence electrons. The van der Waals surface area contributed by atoms with Gasteiger partial charge in [-0.1, -0.05) is 12.2 Å². The largest absolute Gasteiger partial charge is 0.479 e. The summed E-state index contributed by atoms with van der Waals surface area (Å²) in [5, 5.41) is 12.0. The van der Waals surface area contributed by atoms with E-state index in [2.05, 4.69) is 28.3 Å². The van der Waals surface area contributed by atoms with E-state index in [1.54, 1.807) is 12.4 Å². The zero-order valence-electron chi connectivity index (χ0n) is 8.44. The minimum atomic E-state index is -0.189. The van der Waals surface area contributed by atoms with E-state index in [9.17, 15) is 0 Å². The Morgan fingerprint density at radius 3 is 2.71 bits per heavy atom. The number of rotatable bonds is 4. The van der Waals surface area contributed by atoms with Gasteiger partial charge in [-0.2, -0.15) is 0 Å². The van der Waals surface area contributed by atoms with Crippen LogP contribution < -0.4 is 5.32 Å². The van der Waals surface area contributed by atoms with Crippen LogP contribution in [0.1, 0.15) is 18.9 Å². The number of nitrogens with zero attached hydrogens (tertiary/aromatic N) is 2. The highest BCUT2D eigenvalue weighted by Gasteiger charge is 1.93. The Hall–Kier alpha value is -1.42. The summed E-state index contributed by atoms with van der Waals surface area (Å²) in [5.41, 5.74) is 0.895. The maximum atomic E-state index is 8.85. The van der Waals surface area contributed by atoms with Crippen molar-refractivity contribution in [2.75, 3.05) is 7.05 Å². The van der Waals surface area contributed by atoms with Crippen LogP contribution in [0.25, 0.3) is 6.08 Å². The van der Waals surface area contributed by atoms with Gasteiger partial charge >= 0.3 is 6.01 Å². The highest BCUT2D eigenvalue weighted by molar-refractivity contribution is 5.46. The van der Waals surface area contributed by atoms with Crippen molar-refractivity contribution in [3.63, 3.8) is 0 Å². The number of hydrogen-bond acceptors (Lipinski definition) is 4. The van der Waals surface area contributed by atoms with Gasteiger partial charge in [0.15, 0.2) is 0 Å². The lowest BCUT2D eigenvalue weighted by Crippen LogP contribution is -2.19. The van der Waals surface area contributed by atoms with Crippen molar-refractivity contribution in [1.82, 2.24) is 15.3 Å². The third-order valence-electron chi connectivity index (χ3n) is 1.95. The minimum Gasteiger partial charge on any atom is -0.479 e. The first kappa shape index (κ1) is 10.7. The predicted molar refractivity (Wildman–Crippen MR) is 55.9 cm³/mol. The molecule has 1 rings (SSSR count). The Morgan fingerprint density at radius 1 is 1.50 bits per heavy atom. The maximum Gasteiger partial charge on any atom is 0.313 e. The van der Waals surface area contributed by atoms with Gasteiger partial charge in [0.05, 0.1) is 0 Å². The number of aromatic hydroxyl groups is 1. The van der Waals surface area contributed by atoms with Crippen LogP contribution in [-0.4, -0.2) is 28.2 Å². The second-order valence-electron chi connectivity index (χ2n) is 3.14. The van der Waals surface area contributed by atoms with Crippen LogP contribution in [0.15, 0.2) is 18.5 Å². The van der Waals surface area contributed by atoms with Crippen LogP contribution >= 0.6 is 0 Å². The molecule has 0 unspecified atom stereocenters. The molecule has 2 N–H and O–H groups in total. The first-order chi connectivity index (χ1) is 6.72. The van der Waals surface area contributed by atoms with E-state index in [1.165, 1.54) is 0 Å². The summed E-state index contributed by atoms with van der Waals surface area (Å²) in [6, 6.07) is 0.273. The van der Waals surface area contributed by atoms with Gasteiger partial charge in [-0.25, -0.2) is 9.97 Å². The van der Waals surface area contributed by atoms with E-state index in [0.717, 1.165) is 12.0 Å². The molecule has 0 saturated carbocycles. The molecule has 1 heterocycles. The van der Waals surface area contributed by atoms with E-state index in [-0.39, 0.29) is 6.01 Å². The molecular formula is C10H15N3O. The third kappa shape index (κ3) is 3.53. The molecule has 0 saturated heterocycles. The molecule has 1 aromatic heterocycles. The predicted octanol–water partition coefficient (Wildman–Crippen LogP) is 1.19. The van der Waals surface area contributed by atoms with Crippen molar-refractivity contribution < 1.29 is 5.11 Å². The zero-order chi connectivity index (χ0) is 10.4. The summed E-state index contributed by atoms with van der Waals surface area (Å²) in [6.45, 7) is 2.11. The zero-order valence-corrected chi connectivity index (χ0v) is 8.44. The lowest BCUT2D eigenvalue weighted by molar-refractivity contribution is 0.430. The molecule has 1 atom stereocenters. The molecule has 0 bridgehead atoms. The van der Waals surface area contributed by atoms with Crippen molar-refractivity contribution in [2.45, 2.75) is 19.4 Å². The van der Waals surface area contributed by atoms with Crippen molar-refractivity contribution in [3.8, 4) is 6.01 Å². The maximum absolute atomic E-state index is 8.85. The van der Waals surface area contributed by atoms with Gasteiger partial charge in [0, 0.05) is 24.0 Å². The van der Waals surface area contributed by atoms with Crippen LogP contribution in [0.5, 0.6) is 6.01 Å². The molecule has 4 nitrogen and oxygen atoms in total. The second kappa shape index (κ2) is 5.34. The topological polar surface area (TPSA) is 58.0 Å². The third-order valence-corrected chi connectivity index (χ3v) is 1.95. The Morgan fingerprint density at radius 2 is 2.14 bits per heavy atom. The Labute approximate surface area is 83.7 Å². The highest BCUT2D eigenvalue weighted by Crippen LogP contribution is 2.03. The molecule has 0 amide bonds. The molecule has 0 aliphatic heterocycles. The van der Waals surface area contributed by atoms with Gasteiger partial charge in [-0.05, 0) is 20.4 Å². The summed E-state index contributed by atoms with van der Waals surface area (Å²) in [7, 11) is 1.93. The van der Waals surface area contributed by atoms with Gasteiger partial charge in [-0.15, -0.1) is 0 Å². The van der Waals surface area contributed by atoms with Crippen molar-refractivity contribution >= 4 is 6.08 Å². The quantitative estimate of drug-likeness (QED) is 0.754. The summed E-state index contributed by atoms with van der Waals surface area (Å²) >= 11 is 0. The van der Waals surface area contributed by atoms with E-state index in [1.807, 2.05) is 13.1 Å². The highest BCUT2D eigenvalue weighted by atomic mass is 16.3. The summed E-state index contributed by atoms with van der Waals surface area (Å²) in [5.74, 6) is 0. The second-order valence-corrected chi connectivity index (χ2v) is 3.14. The molecule has 0 aromatic carbocycles. The molecule has 0 spiro atoms. The molecule has 0 radical (unpaired) electrons. The van der Waals surface area contributed by atoms with E-state index >= 15 is 0 Å². The number of hydrogen-bond donors (Lipinski definition) is 2. The fraction of sp³-hybridized carbons (Fsp3) is 0.400. The van der Waals surface area contributed by atoms with Gasteiger partial charge in [0.25, 0.3) is 0 Å². The van der Waals surface area contributed by atoms with Crippen molar-refractivity contribution in [3.05, 3.63) is 24.0 Å². The standard InChI is InChI=1S/C10H15N3O/c1-8(11-2)4-3-5-9-6-12-10(14)13-7-9/h3,5-8,11H,4H2,1-2H3,(H,12,13,14)/t8-/m0/s1. The molecule has 14 heavy (non-hydrogen) atoms. The van der Waals surface area contributed by atoms with Crippen molar-refractivity contribution in [2.24, 2.45) is 0 Å². The molecule has 0 aliphatic rings. The van der Waals surface area contributed by atoms with Crippen LogP contribution in [0, 0.1) is 0 Å². The van der Waals surface area contributed by atoms with Gasteiger partial charge in [0.2, 0.25) is 0 Å². The molecule has 4 heteroatoms. The average molecular weight is 193 g/mol. The molecule has 0 fully saturated rings. The number of aromatic nitrogens is 2. The van der Waals surface area contributed by atoms with Crippen LogP contribution in [0.2, 0.25) is 0 Å². The Balaban J connectivity index is 2.48. The fourth-order valence-corrected chi connectivity index (χ4v) is 0.943. The van der Waals surface area contributed by atoms with Crippen LogP contribution in [-0.2, 0) is 0 Å². The average Bonchev–Trinajstić information content (AvgIpc) is 2.21. The fourth-order valence-electron chi connectivity index (χ4n) is 0.943. The van der Waals surface area contributed by atoms with Gasteiger partial charge < -0.3 is 10.4 Å². The minimum absolute atomic E-state index is 0.189. The Bertz CT molecular complexity index is 295. The summed E-state index contributed by atoms with van der Waals surface area (Å²) in [6.07, 6.45) is 8.12. The monoisotopic (exact) mass is 193 g/mol. The summed E-state index contributed by atoms with van der Waals surface area (Å²) < 4.78 is 0. The van der Waals surface area contributed by atoms with Gasteiger partial charge in [0.1, 0.15) is 0 Å². The molecular weight excluding hydrogens is 178 g/mol. The van der Waals surface area contributed by atoms with E-state index < -0.39 is 0 Å². The summed E-state index contributed by atoms with van der Waals surface area (Å²) in [4.78, 5) is 7.35. The van der Waals surface area contributed by atoms with E-state index in [0.29, 0.717) is 6.04 Å². The molecule has 0 aliphatic carbocycles. The SMILES string of the molecule is CN[C@@H](C)CC=Cc1cnc(O)nc1. The smallest absolute Gasteiger partial charge is 0.313 e. The van der Waals surface area contributed by atoms with Crippen LogP contribution in [0.3, 0.4) is 0 Å². The lowest BCUT2D eigenvalue weighted by Gasteiger charge is -2.04. The lowest BCUT2D eigenvalue weighted by atomic mass is 10.2.